The summed E-state index contributed by atoms with van der Waals surface area (Å²) in [5, 5.41) is 12.1. The van der Waals surface area contributed by atoms with Crippen LogP contribution in [0.4, 0.5) is 0 Å². The summed E-state index contributed by atoms with van der Waals surface area (Å²) in [7, 11) is 0. The highest BCUT2D eigenvalue weighted by Gasteiger charge is 2.56. The van der Waals surface area contributed by atoms with E-state index < -0.39 is 60.1 Å². The van der Waals surface area contributed by atoms with Crippen molar-refractivity contribution in [1.29, 1.82) is 0 Å². The Kier molecular flexibility index (Phi) is 10.6. The van der Waals surface area contributed by atoms with Gasteiger partial charge in [0.25, 0.3) is 0 Å². The van der Waals surface area contributed by atoms with Gasteiger partial charge in [-0.25, -0.2) is 0 Å². The van der Waals surface area contributed by atoms with Crippen LogP contribution in [0.2, 0.25) is 5.02 Å². The molecule has 6 atom stereocenters. The van der Waals surface area contributed by atoms with Gasteiger partial charge < -0.3 is 24.1 Å². The van der Waals surface area contributed by atoms with Crippen molar-refractivity contribution < 1.29 is 48.0 Å². The number of benzene rings is 2. The van der Waals surface area contributed by atoms with Gasteiger partial charge in [0.05, 0.1) is 17.9 Å². The molecule has 0 saturated heterocycles. The summed E-state index contributed by atoms with van der Waals surface area (Å²) in [5.41, 5.74) is 2.61. The molecule has 41 heavy (non-hydrogen) atoms. The highest BCUT2D eigenvalue weighted by atomic mass is 35.5. The normalized spacial score (nSPS) is 23.7. The third-order valence-corrected chi connectivity index (χ3v) is 7.19. The Balaban J connectivity index is 2.11. The van der Waals surface area contributed by atoms with Crippen molar-refractivity contribution in [2.45, 2.75) is 71.4 Å². The van der Waals surface area contributed by atoms with E-state index >= 15 is 0 Å². The molecule has 1 fully saturated rings. The number of aliphatic hydroxyl groups is 1. The molecule has 0 heterocycles. The summed E-state index contributed by atoms with van der Waals surface area (Å²) in [5.74, 6) is -4.92. The Morgan fingerprint density at radius 1 is 0.756 bits per heavy atom. The summed E-state index contributed by atoms with van der Waals surface area (Å²) in [6.07, 6.45) is -4.89. The first-order valence-corrected chi connectivity index (χ1v) is 13.4. The zero-order chi connectivity index (χ0) is 30.4. The molecular weight excluding hydrogens is 556 g/mol. The monoisotopic (exact) mass is 588 g/mol. The maximum atomic E-state index is 12.2. The molecule has 0 radical (unpaired) electrons. The van der Waals surface area contributed by atoms with Crippen LogP contribution in [0.15, 0.2) is 42.5 Å². The Morgan fingerprint density at radius 2 is 1.32 bits per heavy atom. The lowest BCUT2D eigenvalue weighted by atomic mass is 9.70. The van der Waals surface area contributed by atoms with E-state index in [2.05, 4.69) is 0 Å². The van der Waals surface area contributed by atoms with Crippen LogP contribution in [0.25, 0.3) is 0 Å². The maximum Gasteiger partial charge on any atom is 0.303 e. The summed E-state index contributed by atoms with van der Waals surface area (Å²) in [4.78, 5) is 59.7. The minimum absolute atomic E-state index is 0.0583. The number of rotatable bonds is 9. The number of ketones is 1. The summed E-state index contributed by atoms with van der Waals surface area (Å²) >= 11 is 6.53. The van der Waals surface area contributed by atoms with Gasteiger partial charge in [-0.2, -0.15) is 0 Å². The van der Waals surface area contributed by atoms with Gasteiger partial charge in [-0.1, -0.05) is 48.0 Å². The van der Waals surface area contributed by atoms with Gasteiger partial charge in [-0.3, -0.25) is 24.0 Å². The zero-order valence-electron chi connectivity index (χ0n) is 23.4. The molecule has 1 aliphatic carbocycles. The molecule has 0 aromatic heterocycles. The van der Waals surface area contributed by atoms with Gasteiger partial charge >= 0.3 is 23.9 Å². The van der Waals surface area contributed by atoms with Crippen molar-refractivity contribution >= 4 is 41.3 Å². The molecule has 1 aliphatic rings. The third-order valence-electron chi connectivity index (χ3n) is 6.83. The van der Waals surface area contributed by atoms with E-state index in [1.165, 1.54) is 13.8 Å². The fourth-order valence-electron chi connectivity index (χ4n) is 5.10. The van der Waals surface area contributed by atoms with E-state index in [4.69, 9.17) is 30.5 Å². The largest absolute Gasteiger partial charge is 0.465 e. The Morgan fingerprint density at radius 3 is 1.85 bits per heavy atom. The molecule has 0 bridgehead atoms. The van der Waals surface area contributed by atoms with E-state index in [1.54, 1.807) is 30.3 Å². The lowest BCUT2D eigenvalue weighted by Gasteiger charge is -2.47. The molecule has 3 rings (SSSR count). The average Bonchev–Trinajstić information content (AvgIpc) is 2.87. The van der Waals surface area contributed by atoms with Crippen LogP contribution in [-0.4, -0.2) is 65.8 Å². The van der Waals surface area contributed by atoms with Crippen LogP contribution in [0, 0.1) is 5.92 Å². The molecule has 0 amide bonds. The molecule has 1 saturated carbocycles. The molecule has 10 nitrogen and oxygen atoms in total. The lowest BCUT2D eigenvalue weighted by Crippen LogP contribution is -2.61. The minimum atomic E-state index is -1.38. The van der Waals surface area contributed by atoms with Crippen LogP contribution >= 0.6 is 11.6 Å². The number of carbonyl (C=O) groups is 5. The Bertz CT molecular complexity index is 1300. The van der Waals surface area contributed by atoms with E-state index in [0.29, 0.717) is 28.1 Å². The van der Waals surface area contributed by atoms with Crippen LogP contribution in [0.5, 0.6) is 0 Å². The van der Waals surface area contributed by atoms with Crippen molar-refractivity contribution in [2.75, 3.05) is 6.61 Å². The molecule has 1 N–H and O–H groups in total. The smallest absolute Gasteiger partial charge is 0.303 e. The predicted molar refractivity (Wildman–Crippen MR) is 146 cm³/mol. The molecule has 2 aromatic carbocycles. The van der Waals surface area contributed by atoms with Crippen molar-refractivity contribution in [3.05, 3.63) is 69.7 Å². The lowest BCUT2D eigenvalue weighted by molar-refractivity contribution is -0.217. The molecule has 2 aromatic rings. The first-order chi connectivity index (χ1) is 19.3. The number of aliphatic hydroxyl groups excluding tert-OH is 1. The first-order valence-electron chi connectivity index (χ1n) is 13.0. The quantitative estimate of drug-likeness (QED) is 0.262. The highest BCUT2D eigenvalue weighted by molar-refractivity contribution is 6.31. The SMILES string of the molecule is CC(=O)OC[C@H]1[C@H](O)[C@@H](c2ccc(Cl)c(Cc3ccc(C(C)=O)cc3)c2)[C@H](OC(C)=O)[C@@H](OC(C)=O)[C@@H]1OC(C)=O. The van der Waals surface area contributed by atoms with Crippen LogP contribution in [0.3, 0.4) is 0 Å². The summed E-state index contributed by atoms with van der Waals surface area (Å²) < 4.78 is 21.8. The maximum absolute atomic E-state index is 12.2. The number of hydrogen-bond donors (Lipinski definition) is 1. The second-order valence-electron chi connectivity index (χ2n) is 9.99. The third kappa shape index (κ3) is 8.14. The van der Waals surface area contributed by atoms with Gasteiger partial charge in [0.1, 0.15) is 6.61 Å². The number of ether oxygens (including phenoxy) is 4. The number of esters is 4. The van der Waals surface area contributed by atoms with E-state index in [-0.39, 0.29) is 12.4 Å². The summed E-state index contributed by atoms with van der Waals surface area (Å²) in [6.45, 7) is 5.76. The molecule has 0 unspecified atom stereocenters. The molecule has 11 heteroatoms. The first kappa shape index (κ1) is 31.8. The van der Waals surface area contributed by atoms with E-state index in [9.17, 15) is 29.1 Å². The number of halogens is 1. The highest BCUT2D eigenvalue weighted by Crippen LogP contribution is 2.43. The standard InChI is InChI=1S/C30H33ClO10/c1-15(32)21-8-6-20(7-9-21)12-23-13-22(10-11-25(23)31)26-27(37)24(14-38-16(2)33)28(39-17(3)34)30(41-19(5)36)29(26)40-18(4)35/h6-11,13,24,26-30,37H,12,14H2,1-5H3/t24-,26+,27-,28+,29-,30-/m0/s1. The van der Waals surface area contributed by atoms with E-state index in [0.717, 1.165) is 26.3 Å². The molecular formula is C30H33ClO10. The van der Waals surface area contributed by atoms with Gasteiger partial charge in [0.15, 0.2) is 24.1 Å². The van der Waals surface area contributed by atoms with Gasteiger partial charge in [0.2, 0.25) is 0 Å². The zero-order valence-corrected chi connectivity index (χ0v) is 24.2. The topological polar surface area (TPSA) is 143 Å². The number of hydrogen-bond acceptors (Lipinski definition) is 10. The second-order valence-corrected chi connectivity index (χ2v) is 10.4. The van der Waals surface area contributed by atoms with Gasteiger partial charge in [-0.05, 0) is 36.1 Å². The van der Waals surface area contributed by atoms with Crippen molar-refractivity contribution in [3.8, 4) is 0 Å². The van der Waals surface area contributed by atoms with Crippen LogP contribution < -0.4 is 0 Å². The van der Waals surface area contributed by atoms with Crippen molar-refractivity contribution in [1.82, 2.24) is 0 Å². The van der Waals surface area contributed by atoms with Gasteiger partial charge in [-0.15, -0.1) is 0 Å². The van der Waals surface area contributed by atoms with Crippen LogP contribution in [-0.2, 0) is 44.5 Å². The Hall–Kier alpha value is -3.76. The average molecular weight is 589 g/mol. The second kappa shape index (κ2) is 13.7. The minimum Gasteiger partial charge on any atom is -0.465 e. The number of Topliss-reactive ketones (excluding diaryl/α,β-unsaturated/α-hetero) is 1. The van der Waals surface area contributed by atoms with Crippen molar-refractivity contribution in [2.24, 2.45) is 5.92 Å². The van der Waals surface area contributed by atoms with Crippen LogP contribution in [0.1, 0.15) is 67.6 Å². The fourth-order valence-corrected chi connectivity index (χ4v) is 5.29. The van der Waals surface area contributed by atoms with E-state index in [1.807, 2.05) is 12.1 Å². The summed E-state index contributed by atoms with van der Waals surface area (Å²) in [6, 6.07) is 12.1. The van der Waals surface area contributed by atoms with Gasteiger partial charge in [0, 0.05) is 38.3 Å². The molecule has 0 aliphatic heterocycles. The molecule has 220 valence electrons. The Labute approximate surface area is 242 Å². The predicted octanol–water partition coefficient (Wildman–Crippen LogP) is 3.57. The molecule has 0 spiro atoms. The number of carbonyl (C=O) groups excluding carboxylic acids is 5. The fraction of sp³-hybridized carbons (Fsp3) is 0.433. The van der Waals surface area contributed by atoms with Crippen molar-refractivity contribution in [3.63, 3.8) is 0 Å².